The second-order valence-corrected chi connectivity index (χ2v) is 5.04. The van der Waals surface area contributed by atoms with Crippen LogP contribution in [0.1, 0.15) is 19.3 Å². The average molecular weight is 206 g/mol. The van der Waals surface area contributed by atoms with Crippen molar-refractivity contribution < 1.29 is 13.2 Å². The first kappa shape index (κ1) is 10.5. The van der Waals surface area contributed by atoms with E-state index in [0.29, 0.717) is 0 Å². The van der Waals surface area contributed by atoms with E-state index in [1.54, 1.807) is 0 Å². The molecule has 1 atom stereocenters. The van der Waals surface area contributed by atoms with E-state index in [4.69, 9.17) is 0 Å². The molecule has 0 aromatic carbocycles. The van der Waals surface area contributed by atoms with Crippen LogP contribution in [0.3, 0.4) is 0 Å². The molecule has 0 unspecified atom stereocenters. The van der Waals surface area contributed by atoms with Gasteiger partial charge in [-0.05, 0) is 19.4 Å². The highest BCUT2D eigenvalue weighted by molar-refractivity contribution is 7.89. The lowest BCUT2D eigenvalue weighted by Crippen LogP contribution is -2.34. The molecule has 5 nitrogen and oxygen atoms in total. The molecule has 1 fully saturated rings. The fourth-order valence-electron chi connectivity index (χ4n) is 1.40. The number of rotatable bonds is 3. The van der Waals surface area contributed by atoms with Crippen LogP contribution in [-0.4, -0.2) is 33.2 Å². The Kier molecular flexibility index (Phi) is 3.27. The standard InChI is InChI=1S/C7H14N2O3S/c1-13(11,12)9-7(10)5-6-3-2-4-8-6/h6,8H,2-5H2,1H3,(H,9,10)/t6-/m0/s1. The SMILES string of the molecule is CS(=O)(=O)NC(=O)C[C@@H]1CCCN1. The molecule has 0 bridgehead atoms. The van der Waals surface area contributed by atoms with Gasteiger partial charge in [0.15, 0.2) is 0 Å². The zero-order valence-corrected chi connectivity index (χ0v) is 8.36. The number of sulfonamides is 1. The van der Waals surface area contributed by atoms with E-state index < -0.39 is 15.9 Å². The van der Waals surface area contributed by atoms with E-state index in [0.717, 1.165) is 25.6 Å². The second kappa shape index (κ2) is 4.06. The predicted molar refractivity (Wildman–Crippen MR) is 48.6 cm³/mol. The molecule has 1 aliphatic rings. The molecule has 6 heteroatoms. The third-order valence-electron chi connectivity index (χ3n) is 1.89. The lowest BCUT2D eigenvalue weighted by molar-refractivity contribution is -0.119. The molecular weight excluding hydrogens is 192 g/mol. The molecule has 1 rings (SSSR count). The maximum Gasteiger partial charge on any atom is 0.234 e. The Hall–Kier alpha value is -0.620. The quantitative estimate of drug-likeness (QED) is 0.634. The van der Waals surface area contributed by atoms with Crippen molar-refractivity contribution in [3.63, 3.8) is 0 Å². The van der Waals surface area contributed by atoms with Gasteiger partial charge in [-0.2, -0.15) is 0 Å². The van der Waals surface area contributed by atoms with Gasteiger partial charge in [0.2, 0.25) is 15.9 Å². The van der Waals surface area contributed by atoms with Crippen molar-refractivity contribution >= 4 is 15.9 Å². The summed E-state index contributed by atoms with van der Waals surface area (Å²) in [6.45, 7) is 0.914. The van der Waals surface area contributed by atoms with Gasteiger partial charge in [0.1, 0.15) is 0 Å². The van der Waals surface area contributed by atoms with Crippen molar-refractivity contribution in [2.75, 3.05) is 12.8 Å². The maximum absolute atomic E-state index is 11.1. The van der Waals surface area contributed by atoms with Gasteiger partial charge in [0.05, 0.1) is 6.26 Å². The summed E-state index contributed by atoms with van der Waals surface area (Å²) in [4.78, 5) is 11.1. The monoisotopic (exact) mass is 206 g/mol. The number of nitrogens with one attached hydrogen (secondary N) is 2. The summed E-state index contributed by atoms with van der Waals surface area (Å²) in [6, 6.07) is 0.141. The van der Waals surface area contributed by atoms with Gasteiger partial charge in [-0.1, -0.05) is 0 Å². The Bertz CT molecular complexity index is 280. The van der Waals surface area contributed by atoms with Crippen LogP contribution in [0.15, 0.2) is 0 Å². The van der Waals surface area contributed by atoms with Gasteiger partial charge in [0, 0.05) is 12.5 Å². The van der Waals surface area contributed by atoms with Crippen LogP contribution in [0.4, 0.5) is 0 Å². The van der Waals surface area contributed by atoms with Crippen LogP contribution >= 0.6 is 0 Å². The molecule has 0 saturated carbocycles. The Labute approximate surface area is 77.9 Å². The van der Waals surface area contributed by atoms with Crippen molar-refractivity contribution in [2.45, 2.75) is 25.3 Å². The third-order valence-corrected chi connectivity index (χ3v) is 2.49. The Morgan fingerprint density at radius 2 is 2.31 bits per heavy atom. The summed E-state index contributed by atoms with van der Waals surface area (Å²) in [7, 11) is -3.39. The molecule has 0 spiro atoms. The molecule has 2 N–H and O–H groups in total. The van der Waals surface area contributed by atoms with Gasteiger partial charge in [0.25, 0.3) is 0 Å². The zero-order valence-electron chi connectivity index (χ0n) is 7.54. The topological polar surface area (TPSA) is 75.3 Å². The molecule has 0 aromatic heterocycles. The van der Waals surface area contributed by atoms with Crippen molar-refractivity contribution in [1.29, 1.82) is 0 Å². The predicted octanol–water partition coefficient (Wildman–Crippen LogP) is -0.796. The Balaban J connectivity index is 2.33. The van der Waals surface area contributed by atoms with E-state index in [1.807, 2.05) is 4.72 Å². The maximum atomic E-state index is 11.1. The molecule has 76 valence electrons. The number of amides is 1. The summed E-state index contributed by atoms with van der Waals surface area (Å²) in [6.07, 6.45) is 3.22. The normalized spacial score (nSPS) is 23.0. The average Bonchev–Trinajstić information content (AvgIpc) is 2.34. The third kappa shape index (κ3) is 4.23. The first-order valence-corrected chi connectivity index (χ1v) is 6.10. The van der Waals surface area contributed by atoms with Gasteiger partial charge in [-0.15, -0.1) is 0 Å². The van der Waals surface area contributed by atoms with Gasteiger partial charge < -0.3 is 5.32 Å². The van der Waals surface area contributed by atoms with Crippen LogP contribution in [0.5, 0.6) is 0 Å². The largest absolute Gasteiger partial charge is 0.313 e. The van der Waals surface area contributed by atoms with Crippen molar-refractivity contribution in [3.05, 3.63) is 0 Å². The lowest BCUT2D eigenvalue weighted by atomic mass is 10.1. The van der Waals surface area contributed by atoms with E-state index >= 15 is 0 Å². The fourth-order valence-corrected chi connectivity index (χ4v) is 1.90. The van der Waals surface area contributed by atoms with E-state index in [2.05, 4.69) is 5.32 Å². The summed E-state index contributed by atoms with van der Waals surface area (Å²) in [5.74, 6) is -0.429. The molecule has 0 radical (unpaired) electrons. The summed E-state index contributed by atoms with van der Waals surface area (Å²) in [5, 5.41) is 3.12. The van der Waals surface area contributed by atoms with Crippen molar-refractivity contribution in [1.82, 2.24) is 10.0 Å². The van der Waals surface area contributed by atoms with Crippen LogP contribution in [0.2, 0.25) is 0 Å². The molecule has 1 amide bonds. The highest BCUT2D eigenvalue weighted by Crippen LogP contribution is 2.08. The Morgan fingerprint density at radius 1 is 1.62 bits per heavy atom. The number of carbonyl (C=O) groups excluding carboxylic acids is 1. The minimum absolute atomic E-state index is 0.141. The van der Waals surface area contributed by atoms with Crippen molar-refractivity contribution in [3.8, 4) is 0 Å². The molecule has 0 aromatic rings. The van der Waals surface area contributed by atoms with Gasteiger partial charge in [-0.3, -0.25) is 9.52 Å². The minimum Gasteiger partial charge on any atom is -0.313 e. The summed E-state index contributed by atoms with van der Waals surface area (Å²) >= 11 is 0. The fraction of sp³-hybridized carbons (Fsp3) is 0.857. The van der Waals surface area contributed by atoms with E-state index in [9.17, 15) is 13.2 Å². The molecule has 1 saturated heterocycles. The van der Waals surface area contributed by atoms with Gasteiger partial charge in [-0.25, -0.2) is 8.42 Å². The molecule has 1 aliphatic heterocycles. The first-order chi connectivity index (χ1) is 5.97. The highest BCUT2D eigenvalue weighted by atomic mass is 32.2. The van der Waals surface area contributed by atoms with Gasteiger partial charge >= 0.3 is 0 Å². The van der Waals surface area contributed by atoms with Crippen LogP contribution < -0.4 is 10.0 Å². The molecule has 0 aliphatic carbocycles. The number of hydrogen-bond donors (Lipinski definition) is 2. The van der Waals surface area contributed by atoms with E-state index in [1.165, 1.54) is 0 Å². The lowest BCUT2D eigenvalue weighted by Gasteiger charge is -2.08. The second-order valence-electron chi connectivity index (χ2n) is 3.29. The minimum atomic E-state index is -3.39. The smallest absolute Gasteiger partial charge is 0.234 e. The summed E-state index contributed by atoms with van der Waals surface area (Å²) < 4.78 is 23.3. The van der Waals surface area contributed by atoms with E-state index in [-0.39, 0.29) is 12.5 Å². The summed E-state index contributed by atoms with van der Waals surface area (Å²) in [5.41, 5.74) is 0. The van der Waals surface area contributed by atoms with Crippen molar-refractivity contribution in [2.24, 2.45) is 0 Å². The number of hydrogen-bond acceptors (Lipinski definition) is 4. The van der Waals surface area contributed by atoms with Crippen LogP contribution in [0, 0.1) is 0 Å². The molecule has 1 heterocycles. The highest BCUT2D eigenvalue weighted by Gasteiger charge is 2.18. The van der Waals surface area contributed by atoms with Crippen LogP contribution in [-0.2, 0) is 14.8 Å². The molecule has 13 heavy (non-hydrogen) atoms. The zero-order chi connectivity index (χ0) is 9.90. The Morgan fingerprint density at radius 3 is 2.77 bits per heavy atom. The van der Waals surface area contributed by atoms with Crippen LogP contribution in [0.25, 0.3) is 0 Å². The first-order valence-electron chi connectivity index (χ1n) is 4.21. The molecular formula is C7H14N2O3S. The number of carbonyl (C=O) groups is 1.